The minimum absolute atomic E-state index is 0.120. The first kappa shape index (κ1) is 20.9. The summed E-state index contributed by atoms with van der Waals surface area (Å²) in [6, 6.07) is 28.3. The highest BCUT2D eigenvalue weighted by Gasteiger charge is 2.45. The van der Waals surface area contributed by atoms with Gasteiger partial charge in [-0.2, -0.15) is 0 Å². The second kappa shape index (κ2) is 11.2. The van der Waals surface area contributed by atoms with Crippen molar-refractivity contribution in [1.82, 2.24) is 9.97 Å². The van der Waals surface area contributed by atoms with E-state index in [1.54, 1.807) is 12.1 Å². The Hall–Kier alpha value is -4.89. The van der Waals surface area contributed by atoms with E-state index in [9.17, 15) is 0 Å². The van der Waals surface area contributed by atoms with Crippen molar-refractivity contribution in [3.8, 4) is 28.4 Å². The smallest absolute Gasteiger partial charge is 0.577 e. The number of hydrogen-bond acceptors (Lipinski definition) is 5. The molecule has 0 spiro atoms. The van der Waals surface area contributed by atoms with E-state index in [0.717, 1.165) is 22.2 Å². The van der Waals surface area contributed by atoms with Crippen molar-refractivity contribution < 1.29 is 18.2 Å². The fraction of sp³-hybridized carbons (Fsp3) is 0.0556. The summed E-state index contributed by atoms with van der Waals surface area (Å²) in [5.74, 6) is 1.50. The molecule has 0 aliphatic heterocycles. The Morgan fingerprint density at radius 3 is 1.74 bits per heavy atom. The number of rotatable bonds is 7. The van der Waals surface area contributed by atoms with E-state index in [-0.39, 0.29) is 17.6 Å². The van der Waals surface area contributed by atoms with Crippen LogP contribution in [0.2, 0.25) is 0 Å². The van der Waals surface area contributed by atoms with E-state index in [1.807, 2.05) is 98.8 Å². The van der Waals surface area contributed by atoms with Gasteiger partial charge in [-0.1, -0.05) is 96.9 Å². The average molecular weight is 568 g/mol. The Kier molecular flexibility index (Phi) is 5.56. The fourth-order valence-corrected chi connectivity index (χ4v) is 6.34. The number of aromatic nitrogens is 2. The maximum Gasteiger partial charge on any atom is 1.20 e. The summed E-state index contributed by atoms with van der Waals surface area (Å²) in [5, 5.41) is 3.15. The van der Waals surface area contributed by atoms with E-state index in [0.29, 0.717) is 44.6 Å². The predicted molar refractivity (Wildman–Crippen MR) is 170 cm³/mol. The van der Waals surface area contributed by atoms with Crippen molar-refractivity contribution in [2.24, 2.45) is 0 Å². The van der Waals surface area contributed by atoms with Crippen molar-refractivity contribution >= 4 is 47.7 Å². The topological polar surface area (TPSA) is 53.5 Å². The van der Waals surface area contributed by atoms with Crippen LogP contribution >= 0.6 is 0 Å². The molecule has 0 amide bonds. The second-order valence-corrected chi connectivity index (χ2v) is 11.1. The third kappa shape index (κ3) is 5.15. The maximum atomic E-state index is 8.58. The van der Waals surface area contributed by atoms with Crippen LogP contribution in [0.5, 0.6) is 17.2 Å². The van der Waals surface area contributed by atoms with Gasteiger partial charge >= 0.3 is 15.1 Å². The number of aryl methyl sites for hydroxylation is 2. The van der Waals surface area contributed by atoms with Crippen LogP contribution in [0.4, 0.5) is 0 Å². The number of hydrogen-bond donors (Lipinski definition) is 0. The molecule has 5 aromatic carbocycles. The van der Waals surface area contributed by atoms with Gasteiger partial charge in [-0.25, -0.2) is 9.97 Å². The van der Waals surface area contributed by atoms with Crippen LogP contribution in [0.25, 0.3) is 43.7 Å². The van der Waals surface area contributed by atoms with Crippen LogP contribution in [-0.2, 0) is 0 Å². The van der Waals surface area contributed by atoms with E-state index < -0.39 is 33.3 Å². The van der Waals surface area contributed by atoms with Crippen molar-refractivity contribution in [2.75, 3.05) is 0 Å². The Balaban J connectivity index is 1.36. The molecular formula is C36H27AlN2O3. The van der Waals surface area contributed by atoms with E-state index in [2.05, 4.69) is 0 Å². The first-order valence-electron chi connectivity index (χ1n) is 16.0. The minimum Gasteiger partial charge on any atom is -0.577 e. The van der Waals surface area contributed by atoms with Crippen molar-refractivity contribution in [3.05, 3.63) is 139 Å². The molecule has 202 valence electrons. The summed E-state index contributed by atoms with van der Waals surface area (Å²) in [6.45, 7) is 3.84. The van der Waals surface area contributed by atoms with Crippen molar-refractivity contribution in [1.29, 1.82) is 0 Å². The number of pyridine rings is 2. The highest BCUT2D eigenvalue weighted by molar-refractivity contribution is 6.40. The Morgan fingerprint density at radius 2 is 1.12 bits per heavy atom. The normalized spacial score (nSPS) is 12.8. The third-order valence-electron chi connectivity index (χ3n) is 6.97. The zero-order chi connectivity index (χ0) is 32.8. The lowest BCUT2D eigenvalue weighted by Gasteiger charge is -2.20. The van der Waals surface area contributed by atoms with Gasteiger partial charge < -0.3 is 11.4 Å². The monoisotopic (exact) mass is 567 g/mol. The van der Waals surface area contributed by atoms with Gasteiger partial charge in [0, 0.05) is 27.5 Å². The minimum atomic E-state index is -3.14. The lowest BCUT2D eigenvalue weighted by Crippen LogP contribution is -2.37. The molecule has 0 saturated carbocycles. The van der Waals surface area contributed by atoms with E-state index in [4.69, 9.17) is 28.2 Å². The van der Waals surface area contributed by atoms with Gasteiger partial charge in [0.05, 0.1) is 12.6 Å². The van der Waals surface area contributed by atoms with Crippen molar-refractivity contribution in [3.63, 3.8) is 0 Å². The van der Waals surface area contributed by atoms with Gasteiger partial charge in [-0.15, -0.1) is 0 Å². The summed E-state index contributed by atoms with van der Waals surface area (Å²) in [5.41, 5.74) is 3.67. The summed E-state index contributed by atoms with van der Waals surface area (Å²) in [7, 11) is 0. The Labute approximate surface area is 256 Å². The van der Waals surface area contributed by atoms with Gasteiger partial charge in [-0.3, -0.25) is 0 Å². The zero-order valence-electron chi connectivity index (χ0n) is 27.9. The first-order valence-corrected chi connectivity index (χ1v) is 14.9. The average Bonchev–Trinajstić information content (AvgIpc) is 3.08. The van der Waals surface area contributed by atoms with Gasteiger partial charge in [-0.05, 0) is 60.7 Å². The fourth-order valence-electron chi connectivity index (χ4n) is 4.99. The summed E-state index contributed by atoms with van der Waals surface area (Å²) in [4.78, 5) is 9.46. The number of benzene rings is 5. The first-order chi connectivity index (χ1) is 22.7. The largest absolute Gasteiger partial charge is 1.20 e. The molecule has 0 fully saturated rings. The molecule has 42 heavy (non-hydrogen) atoms. The van der Waals surface area contributed by atoms with Crippen molar-refractivity contribution in [2.45, 2.75) is 13.8 Å². The third-order valence-corrected chi connectivity index (χ3v) is 8.31. The molecule has 2 heterocycles. The molecule has 0 unspecified atom stereocenters. The van der Waals surface area contributed by atoms with Gasteiger partial charge in [0.2, 0.25) is 0 Å². The molecule has 7 aromatic rings. The SMILES string of the molecule is [2H]c1c([2H])c([2H])c(-c2ccc([O][Al]([O]c3cccc4ccc(C)nc34)[O]c3cccc4ccc(C)nc34)c3ccccc23)c([2H])c1[2H]. The van der Waals surface area contributed by atoms with Crippen LogP contribution < -0.4 is 11.4 Å². The molecule has 0 atom stereocenters. The predicted octanol–water partition coefficient (Wildman–Crippen LogP) is 8.74. The molecular weight excluding hydrogens is 535 g/mol. The van der Waals surface area contributed by atoms with Gasteiger partial charge in [0.1, 0.15) is 22.5 Å². The highest BCUT2D eigenvalue weighted by atomic mass is 27.3. The number of fused-ring (bicyclic) bond motifs is 3. The number of para-hydroxylation sites is 2. The zero-order valence-corrected chi connectivity index (χ0v) is 24.1. The van der Waals surface area contributed by atoms with Crippen LogP contribution in [0.1, 0.15) is 18.2 Å². The molecule has 6 heteroatoms. The Morgan fingerprint density at radius 1 is 0.548 bits per heavy atom. The van der Waals surface area contributed by atoms with E-state index >= 15 is 0 Å². The molecule has 0 saturated heterocycles. The number of nitrogens with zero attached hydrogens (tertiary/aromatic N) is 2. The standard InChI is InChI=1S/C16H12O.2C10H9NO.Al/c17-16-11-10-13(12-6-2-1-3-7-12)14-8-4-5-9-15(14)16;2*1-7-5-6-8-3-2-4-9(12)10(8)11-7;/h1-11,17H;2*2-6,12H,1H3;/q;;;+3/p-3/i1D,2D,3D,6D,7D;;;. The van der Waals surface area contributed by atoms with Crippen LogP contribution in [0, 0.1) is 13.8 Å². The quantitative estimate of drug-likeness (QED) is 0.180. The molecule has 0 radical (unpaired) electrons. The summed E-state index contributed by atoms with van der Waals surface area (Å²) in [6.07, 6.45) is 0. The molecule has 5 nitrogen and oxygen atoms in total. The van der Waals surface area contributed by atoms with E-state index in [1.165, 1.54) is 0 Å². The second-order valence-electron chi connectivity index (χ2n) is 9.86. The Bertz CT molecular complexity index is 2240. The lowest BCUT2D eigenvalue weighted by atomic mass is 9.98. The molecule has 0 aliphatic carbocycles. The molecule has 0 bridgehead atoms. The van der Waals surface area contributed by atoms with Gasteiger partial charge in [0.25, 0.3) is 0 Å². The highest BCUT2D eigenvalue weighted by Crippen LogP contribution is 2.36. The molecule has 0 N–H and O–H groups in total. The summed E-state index contributed by atoms with van der Waals surface area (Å²) < 4.78 is 61.4. The summed E-state index contributed by atoms with van der Waals surface area (Å²) >= 11 is -3.14. The molecule has 0 aliphatic rings. The van der Waals surface area contributed by atoms with Gasteiger partial charge in [0.15, 0.2) is 0 Å². The van der Waals surface area contributed by atoms with Crippen LogP contribution in [-0.4, -0.2) is 25.1 Å². The molecule has 2 aromatic heterocycles. The maximum absolute atomic E-state index is 8.58. The lowest BCUT2D eigenvalue weighted by molar-refractivity contribution is 0.311. The van der Waals surface area contributed by atoms with Crippen LogP contribution in [0.15, 0.2) is 127 Å². The van der Waals surface area contributed by atoms with Crippen LogP contribution in [0.3, 0.4) is 0 Å². The molecule has 7 rings (SSSR count).